The molecule has 1 fully saturated rings. The summed E-state index contributed by atoms with van der Waals surface area (Å²) in [6.07, 6.45) is 0.593. The second kappa shape index (κ2) is 11.5. The number of aliphatic hydroxyl groups excluding tert-OH is 1. The molecule has 1 atom stereocenters. The van der Waals surface area contributed by atoms with Crippen LogP contribution in [0.5, 0.6) is 0 Å². The summed E-state index contributed by atoms with van der Waals surface area (Å²) in [5, 5.41) is 12.9. The molecule has 1 unspecified atom stereocenters. The summed E-state index contributed by atoms with van der Waals surface area (Å²) in [4.78, 5) is 6.35. The van der Waals surface area contributed by atoms with Gasteiger partial charge in [-0.15, -0.1) is 24.0 Å². The van der Waals surface area contributed by atoms with Gasteiger partial charge in [0.1, 0.15) is 0 Å². The Morgan fingerprint density at radius 1 is 1.40 bits per heavy atom. The van der Waals surface area contributed by atoms with Gasteiger partial charge >= 0.3 is 0 Å². The molecule has 7 heteroatoms. The van der Waals surface area contributed by atoms with Crippen molar-refractivity contribution in [3.63, 3.8) is 0 Å². The van der Waals surface area contributed by atoms with Crippen LogP contribution in [0.4, 0.5) is 0 Å². The van der Waals surface area contributed by atoms with E-state index in [-0.39, 0.29) is 24.0 Å². The molecule has 1 heterocycles. The third-order valence-electron chi connectivity index (χ3n) is 3.07. The van der Waals surface area contributed by atoms with Gasteiger partial charge in [0.15, 0.2) is 5.96 Å². The number of ether oxygens (including phenoxy) is 1. The van der Waals surface area contributed by atoms with Crippen LogP contribution in [0.25, 0.3) is 0 Å². The molecule has 4 N–H and O–H groups in total. The van der Waals surface area contributed by atoms with Gasteiger partial charge in [-0.1, -0.05) is 13.8 Å². The maximum atomic E-state index is 9.89. The van der Waals surface area contributed by atoms with Crippen LogP contribution >= 0.6 is 24.0 Å². The first-order valence-electron chi connectivity index (χ1n) is 7.10. The number of morpholine rings is 1. The van der Waals surface area contributed by atoms with Crippen molar-refractivity contribution in [1.29, 1.82) is 0 Å². The maximum absolute atomic E-state index is 9.89. The van der Waals surface area contributed by atoms with E-state index in [1.54, 1.807) is 0 Å². The fourth-order valence-corrected chi connectivity index (χ4v) is 1.89. The number of β-amino-alcohol motifs (C(OH)–C–C–N with tert-alkyl or cyclic N) is 1. The normalized spacial score (nSPS) is 18.7. The summed E-state index contributed by atoms with van der Waals surface area (Å²) in [6.45, 7) is 9.38. The van der Waals surface area contributed by atoms with Crippen molar-refractivity contribution in [2.75, 3.05) is 45.9 Å². The van der Waals surface area contributed by atoms with Gasteiger partial charge in [0.25, 0.3) is 0 Å². The molecule has 0 radical (unpaired) electrons. The zero-order valence-electron chi connectivity index (χ0n) is 12.5. The number of nitrogens with two attached hydrogens (primary N) is 1. The number of aliphatic imine (C=N–C) groups is 1. The van der Waals surface area contributed by atoms with Gasteiger partial charge in [-0.2, -0.15) is 0 Å². The van der Waals surface area contributed by atoms with E-state index in [4.69, 9.17) is 10.5 Å². The lowest BCUT2D eigenvalue weighted by Gasteiger charge is -2.28. The summed E-state index contributed by atoms with van der Waals surface area (Å²) in [5.74, 6) is 1.06. The number of guanidine groups is 1. The molecule has 120 valence electrons. The van der Waals surface area contributed by atoms with Crippen molar-refractivity contribution < 1.29 is 9.84 Å². The molecule has 0 aliphatic carbocycles. The predicted molar refractivity (Wildman–Crippen MR) is 92.6 cm³/mol. The highest BCUT2D eigenvalue weighted by Crippen LogP contribution is 1.99. The van der Waals surface area contributed by atoms with Gasteiger partial charge in [-0.25, -0.2) is 0 Å². The van der Waals surface area contributed by atoms with E-state index in [1.165, 1.54) is 0 Å². The first kappa shape index (κ1) is 19.9. The second-order valence-electron chi connectivity index (χ2n) is 5.40. The van der Waals surface area contributed by atoms with E-state index in [9.17, 15) is 5.11 Å². The largest absolute Gasteiger partial charge is 0.390 e. The Hall–Kier alpha value is -0.120. The van der Waals surface area contributed by atoms with Crippen molar-refractivity contribution in [3.05, 3.63) is 0 Å². The minimum absolute atomic E-state index is 0. The summed E-state index contributed by atoms with van der Waals surface area (Å²) >= 11 is 0. The van der Waals surface area contributed by atoms with Crippen molar-refractivity contribution in [2.45, 2.75) is 26.4 Å². The minimum atomic E-state index is -0.469. The second-order valence-corrected chi connectivity index (χ2v) is 5.40. The van der Waals surface area contributed by atoms with E-state index < -0.39 is 6.10 Å². The molecular formula is C13H29IN4O2. The van der Waals surface area contributed by atoms with Gasteiger partial charge in [0, 0.05) is 26.2 Å². The molecule has 0 aromatic carbocycles. The number of rotatable bonds is 7. The smallest absolute Gasteiger partial charge is 0.188 e. The Kier molecular flexibility index (Phi) is 11.5. The molecule has 20 heavy (non-hydrogen) atoms. The third kappa shape index (κ3) is 9.73. The molecule has 0 bridgehead atoms. The van der Waals surface area contributed by atoms with Gasteiger partial charge in [-0.3, -0.25) is 9.89 Å². The van der Waals surface area contributed by atoms with Crippen molar-refractivity contribution in [1.82, 2.24) is 10.2 Å². The van der Waals surface area contributed by atoms with E-state index in [0.717, 1.165) is 39.3 Å². The maximum Gasteiger partial charge on any atom is 0.188 e. The highest BCUT2D eigenvalue weighted by atomic mass is 127. The average Bonchev–Trinajstić information content (AvgIpc) is 2.37. The minimum Gasteiger partial charge on any atom is -0.390 e. The van der Waals surface area contributed by atoms with Crippen molar-refractivity contribution in [2.24, 2.45) is 16.6 Å². The molecule has 1 rings (SSSR count). The fourth-order valence-electron chi connectivity index (χ4n) is 1.89. The number of aliphatic hydroxyl groups is 1. The molecule has 0 spiro atoms. The van der Waals surface area contributed by atoms with Gasteiger partial charge in [-0.05, 0) is 12.3 Å². The van der Waals surface area contributed by atoms with E-state index in [1.807, 2.05) is 0 Å². The third-order valence-corrected chi connectivity index (χ3v) is 3.07. The first-order valence-corrected chi connectivity index (χ1v) is 7.10. The van der Waals surface area contributed by atoms with Crippen molar-refractivity contribution in [3.8, 4) is 0 Å². The predicted octanol–water partition coefficient (Wildman–Crippen LogP) is 0.248. The van der Waals surface area contributed by atoms with Crippen LogP contribution in [0.3, 0.4) is 0 Å². The number of halogens is 1. The van der Waals surface area contributed by atoms with Gasteiger partial charge in [0.2, 0.25) is 0 Å². The lowest BCUT2D eigenvalue weighted by molar-refractivity contribution is 0.0165. The lowest BCUT2D eigenvalue weighted by Crippen LogP contribution is -2.42. The standard InChI is InChI=1S/C13H28N4O2.HI/c1-11(2)3-4-15-13(14)16-9-12(18)10-17-5-7-19-8-6-17;/h11-12,18H,3-10H2,1-2H3,(H3,14,15,16);1H. The van der Waals surface area contributed by atoms with E-state index in [2.05, 4.69) is 29.1 Å². The Balaban J connectivity index is 0.00000361. The molecule has 6 nitrogen and oxygen atoms in total. The summed E-state index contributed by atoms with van der Waals surface area (Å²) < 4.78 is 5.26. The highest BCUT2D eigenvalue weighted by Gasteiger charge is 2.14. The zero-order valence-corrected chi connectivity index (χ0v) is 14.9. The highest BCUT2D eigenvalue weighted by molar-refractivity contribution is 14.0. The van der Waals surface area contributed by atoms with E-state index in [0.29, 0.717) is 25.0 Å². The molecule has 0 saturated carbocycles. The lowest BCUT2D eigenvalue weighted by atomic mass is 10.1. The number of nitrogens with one attached hydrogen (secondary N) is 1. The summed E-state index contributed by atoms with van der Waals surface area (Å²) in [5.41, 5.74) is 5.74. The molecule has 0 amide bonds. The monoisotopic (exact) mass is 400 g/mol. The quantitative estimate of drug-likeness (QED) is 0.324. The number of hydrogen-bond donors (Lipinski definition) is 3. The van der Waals surface area contributed by atoms with Crippen LogP contribution in [0.2, 0.25) is 0 Å². The van der Waals surface area contributed by atoms with Crippen molar-refractivity contribution >= 4 is 29.9 Å². The van der Waals surface area contributed by atoms with Crippen LogP contribution in [0.15, 0.2) is 4.99 Å². The van der Waals surface area contributed by atoms with Crippen LogP contribution in [0, 0.1) is 5.92 Å². The molecule has 1 saturated heterocycles. The zero-order chi connectivity index (χ0) is 14.1. The van der Waals surface area contributed by atoms with Crippen LogP contribution in [-0.4, -0.2) is 68.0 Å². The molecular weight excluding hydrogens is 371 g/mol. The fraction of sp³-hybridized carbons (Fsp3) is 0.923. The Morgan fingerprint density at radius 2 is 2.05 bits per heavy atom. The molecule has 1 aliphatic heterocycles. The summed E-state index contributed by atoms with van der Waals surface area (Å²) in [7, 11) is 0. The van der Waals surface area contributed by atoms with E-state index >= 15 is 0 Å². The Morgan fingerprint density at radius 3 is 2.65 bits per heavy atom. The average molecular weight is 400 g/mol. The topological polar surface area (TPSA) is 83.1 Å². The van der Waals surface area contributed by atoms with Gasteiger partial charge < -0.3 is 20.9 Å². The number of nitrogens with zero attached hydrogens (tertiary/aromatic N) is 2. The molecule has 0 aromatic rings. The van der Waals surface area contributed by atoms with Crippen LogP contribution < -0.4 is 11.1 Å². The first-order chi connectivity index (χ1) is 9.08. The Labute approximate surface area is 139 Å². The number of hydrogen-bond acceptors (Lipinski definition) is 4. The van der Waals surface area contributed by atoms with Crippen LogP contribution in [-0.2, 0) is 4.74 Å². The van der Waals surface area contributed by atoms with Gasteiger partial charge in [0.05, 0.1) is 25.9 Å². The molecule has 1 aliphatic rings. The SMILES string of the molecule is CC(C)CCNC(N)=NCC(O)CN1CCOCC1.I. The summed E-state index contributed by atoms with van der Waals surface area (Å²) in [6, 6.07) is 0. The van der Waals surface area contributed by atoms with Crippen LogP contribution in [0.1, 0.15) is 20.3 Å². The molecule has 0 aromatic heterocycles. The Bertz CT molecular complexity index is 271.